The Labute approximate surface area is 195 Å². The van der Waals surface area contributed by atoms with Gasteiger partial charge in [-0.25, -0.2) is 4.98 Å². The molecule has 1 amide bonds. The zero-order valence-electron chi connectivity index (χ0n) is 17.2. The van der Waals surface area contributed by atoms with Crippen molar-refractivity contribution < 1.29 is 14.3 Å². The van der Waals surface area contributed by atoms with Gasteiger partial charge >= 0.3 is 0 Å². The van der Waals surface area contributed by atoms with Crippen molar-refractivity contribution >= 4 is 17.5 Å². The molecule has 0 spiro atoms. The van der Waals surface area contributed by atoms with Crippen molar-refractivity contribution in [1.82, 2.24) is 9.97 Å². The van der Waals surface area contributed by atoms with Gasteiger partial charge in [0.15, 0.2) is 17.3 Å². The van der Waals surface area contributed by atoms with E-state index in [0.29, 0.717) is 40.6 Å². The van der Waals surface area contributed by atoms with Gasteiger partial charge in [0.1, 0.15) is 11.8 Å². The van der Waals surface area contributed by atoms with Crippen molar-refractivity contribution in [2.45, 2.75) is 6.61 Å². The SMILES string of the molecule is N#Cc1ccc(OCc2ccccc2)c(Oc2cc(Cl)nc(-c3ccc(C(N)=O)cc3)n2)c1. The first-order valence-electron chi connectivity index (χ1n) is 9.85. The number of halogens is 1. The molecular formula is C25H17ClN4O3. The summed E-state index contributed by atoms with van der Waals surface area (Å²) in [6.45, 7) is 0.324. The van der Waals surface area contributed by atoms with E-state index in [1.165, 1.54) is 6.07 Å². The van der Waals surface area contributed by atoms with Crippen LogP contribution in [0.3, 0.4) is 0 Å². The Morgan fingerprint density at radius 3 is 2.42 bits per heavy atom. The molecule has 4 aromatic rings. The van der Waals surface area contributed by atoms with Crippen LogP contribution in [0.1, 0.15) is 21.5 Å². The van der Waals surface area contributed by atoms with Gasteiger partial charge in [-0.15, -0.1) is 0 Å². The van der Waals surface area contributed by atoms with E-state index >= 15 is 0 Å². The van der Waals surface area contributed by atoms with Crippen LogP contribution in [0, 0.1) is 11.3 Å². The van der Waals surface area contributed by atoms with Gasteiger partial charge in [0.2, 0.25) is 11.8 Å². The maximum Gasteiger partial charge on any atom is 0.248 e. The summed E-state index contributed by atoms with van der Waals surface area (Å²) >= 11 is 6.20. The number of carbonyl (C=O) groups is 1. The second-order valence-corrected chi connectivity index (χ2v) is 7.33. The van der Waals surface area contributed by atoms with Gasteiger partial charge in [0, 0.05) is 23.3 Å². The lowest BCUT2D eigenvalue weighted by molar-refractivity contribution is 0.100. The molecule has 0 saturated carbocycles. The zero-order chi connectivity index (χ0) is 23.2. The monoisotopic (exact) mass is 456 g/mol. The predicted octanol–water partition coefficient (Wildman–Crippen LogP) is 5.14. The van der Waals surface area contributed by atoms with Crippen LogP contribution >= 0.6 is 11.6 Å². The second kappa shape index (κ2) is 9.81. The lowest BCUT2D eigenvalue weighted by atomic mass is 10.1. The Morgan fingerprint density at radius 1 is 0.970 bits per heavy atom. The third-order valence-corrected chi connectivity index (χ3v) is 4.82. The summed E-state index contributed by atoms with van der Waals surface area (Å²) in [5.74, 6) is 0.702. The summed E-state index contributed by atoms with van der Waals surface area (Å²) < 4.78 is 11.9. The molecule has 0 atom stereocenters. The standard InChI is InChI=1S/C25H17ClN4O3/c26-22-13-23(30-25(29-22)19-9-7-18(8-10-19)24(28)31)33-21-12-17(14-27)6-11-20(21)32-15-16-4-2-1-3-5-16/h1-13H,15H2,(H2,28,31). The maximum atomic E-state index is 11.3. The number of nitrogens with zero attached hydrogens (tertiary/aromatic N) is 3. The minimum absolute atomic E-state index is 0.164. The third kappa shape index (κ3) is 5.45. The van der Waals surface area contributed by atoms with E-state index in [0.717, 1.165) is 5.56 Å². The van der Waals surface area contributed by atoms with Gasteiger partial charge in [-0.3, -0.25) is 4.79 Å². The minimum atomic E-state index is -0.530. The summed E-state index contributed by atoms with van der Waals surface area (Å²) in [5, 5.41) is 9.46. The van der Waals surface area contributed by atoms with E-state index in [-0.39, 0.29) is 11.0 Å². The number of primary amides is 1. The number of benzene rings is 3. The van der Waals surface area contributed by atoms with E-state index in [1.807, 2.05) is 30.3 Å². The number of aromatic nitrogens is 2. The number of hydrogen-bond acceptors (Lipinski definition) is 6. The highest BCUT2D eigenvalue weighted by Gasteiger charge is 2.13. The number of nitriles is 1. The fraction of sp³-hybridized carbons (Fsp3) is 0.0400. The molecule has 2 N–H and O–H groups in total. The average molecular weight is 457 g/mol. The van der Waals surface area contributed by atoms with Gasteiger partial charge in [0.05, 0.1) is 11.6 Å². The molecule has 33 heavy (non-hydrogen) atoms. The number of amides is 1. The van der Waals surface area contributed by atoms with Crippen molar-refractivity contribution in [3.8, 4) is 34.8 Å². The summed E-state index contributed by atoms with van der Waals surface area (Å²) in [4.78, 5) is 19.9. The molecular weight excluding hydrogens is 440 g/mol. The number of hydrogen-bond donors (Lipinski definition) is 1. The maximum absolute atomic E-state index is 11.3. The van der Waals surface area contributed by atoms with Crippen LogP contribution in [0.15, 0.2) is 78.9 Å². The molecule has 1 aromatic heterocycles. The molecule has 4 rings (SSSR count). The normalized spacial score (nSPS) is 10.3. The first-order valence-corrected chi connectivity index (χ1v) is 10.2. The van der Waals surface area contributed by atoms with Gasteiger partial charge in [-0.1, -0.05) is 54.1 Å². The predicted molar refractivity (Wildman–Crippen MR) is 123 cm³/mol. The average Bonchev–Trinajstić information content (AvgIpc) is 2.83. The van der Waals surface area contributed by atoms with E-state index in [2.05, 4.69) is 16.0 Å². The van der Waals surface area contributed by atoms with E-state index in [1.54, 1.807) is 42.5 Å². The van der Waals surface area contributed by atoms with Crippen molar-refractivity contribution in [1.29, 1.82) is 5.26 Å². The van der Waals surface area contributed by atoms with Gasteiger partial charge in [-0.2, -0.15) is 10.2 Å². The van der Waals surface area contributed by atoms with Crippen LogP contribution in [0.4, 0.5) is 0 Å². The molecule has 1 heterocycles. The molecule has 8 heteroatoms. The molecule has 162 valence electrons. The molecule has 0 fully saturated rings. The Morgan fingerprint density at radius 2 is 1.73 bits per heavy atom. The Kier molecular flexibility index (Phi) is 6.48. The van der Waals surface area contributed by atoms with Gasteiger partial charge < -0.3 is 15.2 Å². The van der Waals surface area contributed by atoms with Crippen LogP contribution in [0.25, 0.3) is 11.4 Å². The van der Waals surface area contributed by atoms with Crippen LogP contribution < -0.4 is 15.2 Å². The largest absolute Gasteiger partial charge is 0.485 e. The highest BCUT2D eigenvalue weighted by Crippen LogP contribution is 2.34. The lowest BCUT2D eigenvalue weighted by Gasteiger charge is -2.13. The fourth-order valence-electron chi connectivity index (χ4n) is 2.99. The number of nitrogens with two attached hydrogens (primary N) is 1. The molecule has 0 aliphatic heterocycles. The van der Waals surface area contributed by atoms with Crippen molar-refractivity contribution in [2.24, 2.45) is 5.73 Å². The molecule has 0 saturated heterocycles. The van der Waals surface area contributed by atoms with Gasteiger partial charge in [0.25, 0.3) is 0 Å². The Bertz CT molecular complexity index is 1340. The van der Waals surface area contributed by atoms with Crippen LogP contribution in [0.2, 0.25) is 5.15 Å². The molecule has 0 bridgehead atoms. The molecule has 0 aliphatic carbocycles. The summed E-state index contributed by atoms with van der Waals surface area (Å²) in [5.41, 5.74) is 7.67. The van der Waals surface area contributed by atoms with Crippen molar-refractivity contribution in [3.05, 3.63) is 101 Å². The molecule has 7 nitrogen and oxygen atoms in total. The summed E-state index contributed by atoms with van der Waals surface area (Å²) in [6, 6.07) is 24.6. The Hall–Kier alpha value is -4.41. The first-order chi connectivity index (χ1) is 16.0. The second-order valence-electron chi connectivity index (χ2n) is 6.94. The van der Waals surface area contributed by atoms with Gasteiger partial charge in [-0.05, 0) is 29.8 Å². The van der Waals surface area contributed by atoms with Crippen molar-refractivity contribution in [3.63, 3.8) is 0 Å². The van der Waals surface area contributed by atoms with E-state index in [9.17, 15) is 10.1 Å². The molecule has 0 aliphatic rings. The van der Waals surface area contributed by atoms with E-state index in [4.69, 9.17) is 26.8 Å². The number of rotatable bonds is 7. The smallest absolute Gasteiger partial charge is 0.248 e. The fourth-order valence-corrected chi connectivity index (χ4v) is 3.16. The number of ether oxygens (including phenoxy) is 2. The number of carbonyl (C=O) groups excluding carboxylic acids is 1. The zero-order valence-corrected chi connectivity index (χ0v) is 18.0. The first kappa shape index (κ1) is 21.8. The topological polar surface area (TPSA) is 111 Å². The quantitative estimate of drug-likeness (QED) is 0.385. The van der Waals surface area contributed by atoms with Crippen LogP contribution in [0.5, 0.6) is 17.4 Å². The highest BCUT2D eigenvalue weighted by atomic mass is 35.5. The van der Waals surface area contributed by atoms with Crippen molar-refractivity contribution in [2.75, 3.05) is 0 Å². The summed E-state index contributed by atoms with van der Waals surface area (Å²) in [6.07, 6.45) is 0. The third-order valence-electron chi connectivity index (χ3n) is 4.62. The van der Waals surface area contributed by atoms with Crippen LogP contribution in [-0.4, -0.2) is 15.9 Å². The lowest BCUT2D eigenvalue weighted by Crippen LogP contribution is -2.10. The minimum Gasteiger partial charge on any atom is -0.485 e. The molecule has 0 radical (unpaired) electrons. The van der Waals surface area contributed by atoms with Crippen LogP contribution in [-0.2, 0) is 6.61 Å². The summed E-state index contributed by atoms with van der Waals surface area (Å²) in [7, 11) is 0. The van der Waals surface area contributed by atoms with E-state index < -0.39 is 5.91 Å². The molecule has 0 unspecified atom stereocenters. The Balaban J connectivity index is 1.62. The molecule has 3 aromatic carbocycles. The highest BCUT2D eigenvalue weighted by molar-refractivity contribution is 6.29.